The highest BCUT2D eigenvalue weighted by Crippen LogP contribution is 2.32. The zero-order valence-electron chi connectivity index (χ0n) is 11.2. The van der Waals surface area contributed by atoms with Crippen LogP contribution in [0.15, 0.2) is 42.2 Å². The second-order valence-corrected chi connectivity index (χ2v) is 5.54. The number of ether oxygens (including phenoxy) is 1. The van der Waals surface area contributed by atoms with E-state index in [0.29, 0.717) is 6.54 Å². The maximum Gasteiger partial charge on any atom is 0.134 e. The molecule has 1 aromatic carbocycles. The van der Waals surface area contributed by atoms with Gasteiger partial charge in [0.25, 0.3) is 0 Å². The van der Waals surface area contributed by atoms with Gasteiger partial charge in [-0.3, -0.25) is 4.90 Å². The topological polar surface area (TPSA) is 32.7 Å². The van der Waals surface area contributed by atoms with Crippen LogP contribution in [0.4, 0.5) is 0 Å². The number of likely N-dealkylation sites (tertiary alicyclic amines) is 1. The second kappa shape index (κ2) is 5.35. The van der Waals surface area contributed by atoms with Gasteiger partial charge in [0.2, 0.25) is 0 Å². The quantitative estimate of drug-likeness (QED) is 0.904. The zero-order chi connectivity index (χ0) is 13.1. The number of rotatable bonds is 3. The molecule has 1 saturated heterocycles. The van der Waals surface area contributed by atoms with E-state index < -0.39 is 5.60 Å². The molecule has 0 amide bonds. The van der Waals surface area contributed by atoms with Crippen molar-refractivity contribution in [3.8, 4) is 0 Å². The van der Waals surface area contributed by atoms with Crippen molar-refractivity contribution in [1.82, 2.24) is 4.90 Å². The summed E-state index contributed by atoms with van der Waals surface area (Å²) < 4.78 is 5.58. The second-order valence-electron chi connectivity index (χ2n) is 5.54. The standard InChI is InChI=1S/C16H21NO2/c18-16(15-8-4-11-19-15)9-5-10-17(13-16)12-14-6-2-1-3-7-14/h1-3,6-8,18H,4-5,9-13H2. The molecule has 0 spiro atoms. The van der Waals surface area contributed by atoms with E-state index in [2.05, 4.69) is 29.2 Å². The van der Waals surface area contributed by atoms with Crippen molar-refractivity contribution in [2.75, 3.05) is 19.7 Å². The molecule has 2 heterocycles. The Morgan fingerprint density at radius 1 is 1.26 bits per heavy atom. The Hall–Kier alpha value is -1.32. The molecule has 1 atom stereocenters. The minimum Gasteiger partial charge on any atom is -0.495 e. The van der Waals surface area contributed by atoms with Crippen LogP contribution in [-0.4, -0.2) is 35.3 Å². The third-order valence-electron chi connectivity index (χ3n) is 3.96. The number of aliphatic hydroxyl groups is 1. The summed E-state index contributed by atoms with van der Waals surface area (Å²) >= 11 is 0. The molecule has 0 saturated carbocycles. The van der Waals surface area contributed by atoms with Gasteiger partial charge in [0.05, 0.1) is 6.61 Å². The van der Waals surface area contributed by atoms with Crippen molar-refractivity contribution in [3.05, 3.63) is 47.7 Å². The van der Waals surface area contributed by atoms with E-state index in [1.165, 1.54) is 5.56 Å². The van der Waals surface area contributed by atoms with E-state index in [4.69, 9.17) is 4.74 Å². The predicted octanol–water partition coefficient (Wildman–Crippen LogP) is 2.32. The average Bonchev–Trinajstić information content (AvgIpc) is 2.95. The van der Waals surface area contributed by atoms with Gasteiger partial charge >= 0.3 is 0 Å². The van der Waals surface area contributed by atoms with Crippen molar-refractivity contribution >= 4 is 0 Å². The van der Waals surface area contributed by atoms with Gasteiger partial charge in [-0.2, -0.15) is 0 Å². The number of benzene rings is 1. The summed E-state index contributed by atoms with van der Waals surface area (Å²) in [5.74, 6) is 0.797. The highest BCUT2D eigenvalue weighted by Gasteiger charge is 2.39. The van der Waals surface area contributed by atoms with Gasteiger partial charge in [0.1, 0.15) is 11.4 Å². The summed E-state index contributed by atoms with van der Waals surface area (Å²) in [5.41, 5.74) is 0.525. The Bertz CT molecular complexity index is 457. The molecule has 3 heteroatoms. The van der Waals surface area contributed by atoms with Crippen LogP contribution in [0, 0.1) is 0 Å². The predicted molar refractivity (Wildman–Crippen MR) is 74.6 cm³/mol. The molecule has 3 nitrogen and oxygen atoms in total. The van der Waals surface area contributed by atoms with E-state index in [0.717, 1.165) is 44.7 Å². The normalized spacial score (nSPS) is 27.9. The van der Waals surface area contributed by atoms with Crippen molar-refractivity contribution in [3.63, 3.8) is 0 Å². The highest BCUT2D eigenvalue weighted by atomic mass is 16.5. The van der Waals surface area contributed by atoms with Crippen LogP contribution in [0.5, 0.6) is 0 Å². The first kappa shape index (κ1) is 12.7. The maximum atomic E-state index is 10.8. The Morgan fingerprint density at radius 3 is 2.84 bits per heavy atom. The Labute approximate surface area is 114 Å². The zero-order valence-corrected chi connectivity index (χ0v) is 11.2. The van der Waals surface area contributed by atoms with Crippen molar-refractivity contribution < 1.29 is 9.84 Å². The van der Waals surface area contributed by atoms with Crippen molar-refractivity contribution in [2.24, 2.45) is 0 Å². The van der Waals surface area contributed by atoms with Crippen LogP contribution >= 0.6 is 0 Å². The van der Waals surface area contributed by atoms with Gasteiger partial charge in [-0.1, -0.05) is 30.3 Å². The fraction of sp³-hybridized carbons (Fsp3) is 0.500. The van der Waals surface area contributed by atoms with Crippen LogP contribution in [0.3, 0.4) is 0 Å². The third kappa shape index (κ3) is 2.82. The van der Waals surface area contributed by atoms with E-state index in [-0.39, 0.29) is 0 Å². The largest absolute Gasteiger partial charge is 0.495 e. The van der Waals surface area contributed by atoms with Crippen LogP contribution in [0.2, 0.25) is 0 Å². The molecule has 0 radical (unpaired) electrons. The molecule has 1 fully saturated rings. The van der Waals surface area contributed by atoms with E-state index in [1.54, 1.807) is 0 Å². The molecule has 3 rings (SSSR count). The maximum absolute atomic E-state index is 10.8. The molecular formula is C16H21NO2. The molecule has 2 aliphatic heterocycles. The van der Waals surface area contributed by atoms with Gasteiger partial charge in [0.15, 0.2) is 0 Å². The molecule has 0 bridgehead atoms. The number of hydrogen-bond acceptors (Lipinski definition) is 3. The smallest absolute Gasteiger partial charge is 0.134 e. The number of β-amino-alcohol motifs (C(OH)–C–C–N with tert-alkyl or cyclic N) is 1. The minimum atomic E-state index is -0.774. The summed E-state index contributed by atoms with van der Waals surface area (Å²) in [7, 11) is 0. The monoisotopic (exact) mass is 259 g/mol. The van der Waals surface area contributed by atoms with Crippen LogP contribution in [0.25, 0.3) is 0 Å². The highest BCUT2D eigenvalue weighted by molar-refractivity contribution is 5.18. The van der Waals surface area contributed by atoms with Crippen molar-refractivity contribution in [2.45, 2.75) is 31.4 Å². The summed E-state index contributed by atoms with van der Waals surface area (Å²) in [5, 5.41) is 10.8. The number of piperidine rings is 1. The van der Waals surface area contributed by atoms with E-state index in [9.17, 15) is 5.11 Å². The minimum absolute atomic E-state index is 0.674. The lowest BCUT2D eigenvalue weighted by molar-refractivity contribution is -0.0403. The fourth-order valence-electron chi connectivity index (χ4n) is 3.04. The van der Waals surface area contributed by atoms with Gasteiger partial charge in [-0.15, -0.1) is 0 Å². The number of hydrogen-bond donors (Lipinski definition) is 1. The molecular weight excluding hydrogens is 238 g/mol. The van der Waals surface area contributed by atoms with Crippen LogP contribution in [-0.2, 0) is 11.3 Å². The lowest BCUT2D eigenvalue weighted by atomic mass is 9.90. The Balaban J connectivity index is 1.68. The molecule has 19 heavy (non-hydrogen) atoms. The van der Waals surface area contributed by atoms with Crippen LogP contribution in [0.1, 0.15) is 24.8 Å². The summed E-state index contributed by atoms with van der Waals surface area (Å²) in [6.07, 6.45) is 4.80. The molecule has 0 aliphatic carbocycles. The van der Waals surface area contributed by atoms with Gasteiger partial charge < -0.3 is 9.84 Å². The molecule has 1 unspecified atom stereocenters. The lowest BCUT2D eigenvalue weighted by Gasteiger charge is -2.39. The fourth-order valence-corrected chi connectivity index (χ4v) is 3.04. The molecule has 2 aliphatic rings. The summed E-state index contributed by atoms with van der Waals surface area (Å²) in [6.45, 7) is 3.34. The number of nitrogens with zero attached hydrogens (tertiary/aromatic N) is 1. The van der Waals surface area contributed by atoms with E-state index >= 15 is 0 Å². The third-order valence-corrected chi connectivity index (χ3v) is 3.96. The molecule has 0 aromatic heterocycles. The SMILES string of the molecule is OC1(C2=CCCO2)CCCN(Cc2ccccc2)C1. The first-order valence-electron chi connectivity index (χ1n) is 7.08. The molecule has 1 aromatic rings. The summed E-state index contributed by atoms with van der Waals surface area (Å²) in [6, 6.07) is 10.4. The summed E-state index contributed by atoms with van der Waals surface area (Å²) in [4.78, 5) is 2.32. The molecule has 1 N–H and O–H groups in total. The Kier molecular flexibility index (Phi) is 3.58. The lowest BCUT2D eigenvalue weighted by Crippen LogP contribution is -2.49. The van der Waals surface area contributed by atoms with Gasteiger partial charge in [-0.25, -0.2) is 0 Å². The average molecular weight is 259 g/mol. The first-order chi connectivity index (χ1) is 9.26. The van der Waals surface area contributed by atoms with Crippen molar-refractivity contribution in [1.29, 1.82) is 0 Å². The Morgan fingerprint density at radius 2 is 2.11 bits per heavy atom. The van der Waals surface area contributed by atoms with Gasteiger partial charge in [-0.05, 0) is 31.0 Å². The van der Waals surface area contributed by atoms with Crippen LogP contribution < -0.4 is 0 Å². The van der Waals surface area contributed by atoms with E-state index in [1.807, 2.05) is 12.1 Å². The van der Waals surface area contributed by atoms with Gasteiger partial charge in [0, 0.05) is 19.5 Å². The molecule has 102 valence electrons. The first-order valence-corrected chi connectivity index (χ1v) is 7.08.